The summed E-state index contributed by atoms with van der Waals surface area (Å²) in [6.45, 7) is 0. The van der Waals surface area contributed by atoms with Gasteiger partial charge in [-0.3, -0.25) is 0 Å². The van der Waals surface area contributed by atoms with Gasteiger partial charge in [0.2, 0.25) is 0 Å². The van der Waals surface area contributed by atoms with E-state index in [4.69, 9.17) is 14.2 Å². The molecular weight excluding hydrogens is 294 g/mol. The van der Waals surface area contributed by atoms with Crippen LogP contribution in [0.3, 0.4) is 0 Å². The second kappa shape index (κ2) is 6.04. The van der Waals surface area contributed by atoms with E-state index < -0.39 is 0 Å². The predicted molar refractivity (Wildman–Crippen MR) is 88.2 cm³/mol. The maximum Gasteiger partial charge on any atom is 0.337 e. The molecule has 0 unspecified atom stereocenters. The molecule has 5 heteroatoms. The molecule has 0 saturated heterocycles. The first-order valence-corrected chi connectivity index (χ1v) is 7.09. The Bertz CT molecular complexity index is 844. The first-order valence-electron chi connectivity index (χ1n) is 7.09. The molecule has 23 heavy (non-hydrogen) atoms. The van der Waals surface area contributed by atoms with Crippen LogP contribution in [0.4, 0.5) is 0 Å². The number of rotatable bonds is 4. The van der Waals surface area contributed by atoms with Gasteiger partial charge in [0.25, 0.3) is 0 Å². The Morgan fingerprint density at radius 1 is 0.913 bits per heavy atom. The molecule has 1 aromatic heterocycles. The molecular formula is C18H17NO4. The zero-order valence-electron chi connectivity index (χ0n) is 13.2. The number of hydrogen-bond acceptors (Lipinski definition) is 4. The molecule has 118 valence electrons. The molecule has 0 bridgehead atoms. The molecule has 0 radical (unpaired) electrons. The lowest BCUT2D eigenvalue weighted by Crippen LogP contribution is -2.00. The lowest BCUT2D eigenvalue weighted by molar-refractivity contribution is 0.0601. The van der Waals surface area contributed by atoms with Crippen LogP contribution in [0.25, 0.3) is 22.2 Å². The number of carbonyl (C=O) groups excluding carboxylic acids is 1. The normalized spacial score (nSPS) is 10.6. The molecule has 1 heterocycles. The highest BCUT2D eigenvalue weighted by molar-refractivity contribution is 5.95. The topological polar surface area (TPSA) is 60.6 Å². The summed E-state index contributed by atoms with van der Waals surface area (Å²) in [5.41, 5.74) is 3.23. The zero-order chi connectivity index (χ0) is 16.4. The van der Waals surface area contributed by atoms with Gasteiger partial charge in [-0.15, -0.1) is 0 Å². The highest BCUT2D eigenvalue weighted by Gasteiger charge is 2.10. The minimum absolute atomic E-state index is 0.355. The number of methoxy groups -OCH3 is 3. The smallest absolute Gasteiger partial charge is 0.337 e. The lowest BCUT2D eigenvalue weighted by Gasteiger charge is -2.07. The minimum atomic E-state index is -0.355. The Hall–Kier alpha value is -2.95. The van der Waals surface area contributed by atoms with Gasteiger partial charge in [0, 0.05) is 28.2 Å². The Balaban J connectivity index is 2.08. The fraction of sp³-hybridized carbons (Fsp3) is 0.167. The first-order chi connectivity index (χ1) is 11.1. The predicted octanol–water partition coefficient (Wildman–Crippen LogP) is 3.64. The fourth-order valence-electron chi connectivity index (χ4n) is 2.49. The van der Waals surface area contributed by atoms with E-state index in [2.05, 4.69) is 4.98 Å². The van der Waals surface area contributed by atoms with Gasteiger partial charge in [0.05, 0.1) is 26.9 Å². The van der Waals surface area contributed by atoms with Crippen molar-refractivity contribution in [2.75, 3.05) is 21.3 Å². The number of fused-ring (bicyclic) bond motifs is 1. The summed E-state index contributed by atoms with van der Waals surface area (Å²) in [6, 6.07) is 13.1. The van der Waals surface area contributed by atoms with Gasteiger partial charge in [-0.2, -0.15) is 0 Å². The van der Waals surface area contributed by atoms with Crippen molar-refractivity contribution in [1.29, 1.82) is 0 Å². The highest BCUT2D eigenvalue weighted by atomic mass is 16.5. The average molecular weight is 311 g/mol. The SMILES string of the molecule is COC(=O)c1ccc2cc(-c3cc(OC)cc(OC)c3)[nH]c2c1. The third-order valence-electron chi connectivity index (χ3n) is 3.71. The van der Waals surface area contributed by atoms with Crippen LogP contribution in [-0.2, 0) is 4.74 Å². The largest absolute Gasteiger partial charge is 0.497 e. The number of ether oxygens (including phenoxy) is 3. The molecule has 0 aliphatic heterocycles. The molecule has 0 spiro atoms. The summed E-state index contributed by atoms with van der Waals surface area (Å²) in [5.74, 6) is 1.08. The summed E-state index contributed by atoms with van der Waals surface area (Å²) in [6.07, 6.45) is 0. The van der Waals surface area contributed by atoms with E-state index in [-0.39, 0.29) is 5.97 Å². The molecule has 0 saturated carbocycles. The minimum Gasteiger partial charge on any atom is -0.497 e. The van der Waals surface area contributed by atoms with Crippen molar-refractivity contribution in [1.82, 2.24) is 4.98 Å². The number of aromatic amines is 1. The zero-order valence-corrected chi connectivity index (χ0v) is 13.2. The monoisotopic (exact) mass is 311 g/mol. The van der Waals surface area contributed by atoms with Crippen molar-refractivity contribution >= 4 is 16.9 Å². The Kier molecular flexibility index (Phi) is 3.93. The van der Waals surface area contributed by atoms with Crippen molar-refractivity contribution in [3.8, 4) is 22.8 Å². The number of hydrogen-bond donors (Lipinski definition) is 1. The molecule has 0 fully saturated rings. The number of aromatic nitrogens is 1. The van der Waals surface area contributed by atoms with Gasteiger partial charge >= 0.3 is 5.97 Å². The van der Waals surface area contributed by atoms with Crippen molar-refractivity contribution in [2.45, 2.75) is 0 Å². The summed E-state index contributed by atoms with van der Waals surface area (Å²) in [4.78, 5) is 14.9. The van der Waals surface area contributed by atoms with E-state index in [0.717, 1.165) is 22.2 Å². The van der Waals surface area contributed by atoms with Crippen LogP contribution in [0.1, 0.15) is 10.4 Å². The van der Waals surface area contributed by atoms with Crippen LogP contribution < -0.4 is 9.47 Å². The van der Waals surface area contributed by atoms with E-state index in [1.807, 2.05) is 30.3 Å². The average Bonchev–Trinajstić information content (AvgIpc) is 3.03. The van der Waals surface area contributed by atoms with E-state index in [9.17, 15) is 4.79 Å². The molecule has 3 aromatic rings. The van der Waals surface area contributed by atoms with E-state index in [1.165, 1.54) is 7.11 Å². The van der Waals surface area contributed by atoms with Crippen LogP contribution in [0.15, 0.2) is 42.5 Å². The van der Waals surface area contributed by atoms with E-state index in [0.29, 0.717) is 17.1 Å². The molecule has 2 aromatic carbocycles. The molecule has 5 nitrogen and oxygen atoms in total. The summed E-state index contributed by atoms with van der Waals surface area (Å²) >= 11 is 0. The van der Waals surface area contributed by atoms with Crippen molar-refractivity contribution in [3.05, 3.63) is 48.0 Å². The number of esters is 1. The van der Waals surface area contributed by atoms with Crippen LogP contribution in [0.2, 0.25) is 0 Å². The van der Waals surface area contributed by atoms with Crippen LogP contribution in [0.5, 0.6) is 11.5 Å². The Morgan fingerprint density at radius 3 is 2.22 bits per heavy atom. The number of H-pyrrole nitrogens is 1. The van der Waals surface area contributed by atoms with Crippen molar-refractivity contribution in [2.24, 2.45) is 0 Å². The van der Waals surface area contributed by atoms with Crippen LogP contribution >= 0.6 is 0 Å². The van der Waals surface area contributed by atoms with E-state index in [1.54, 1.807) is 26.4 Å². The summed E-state index contributed by atoms with van der Waals surface area (Å²) < 4.78 is 15.4. The molecule has 3 rings (SSSR count). The fourth-order valence-corrected chi connectivity index (χ4v) is 2.49. The highest BCUT2D eigenvalue weighted by Crippen LogP contribution is 2.31. The van der Waals surface area contributed by atoms with Gasteiger partial charge < -0.3 is 19.2 Å². The molecule has 0 aliphatic rings. The Labute approximate surface area is 133 Å². The quantitative estimate of drug-likeness (QED) is 0.747. The van der Waals surface area contributed by atoms with Gasteiger partial charge in [0.1, 0.15) is 11.5 Å². The molecule has 0 aliphatic carbocycles. The number of benzene rings is 2. The van der Waals surface area contributed by atoms with Gasteiger partial charge in [-0.05, 0) is 30.3 Å². The second-order valence-electron chi connectivity index (χ2n) is 5.08. The van der Waals surface area contributed by atoms with Crippen molar-refractivity contribution in [3.63, 3.8) is 0 Å². The van der Waals surface area contributed by atoms with Gasteiger partial charge in [0.15, 0.2) is 0 Å². The molecule has 0 amide bonds. The van der Waals surface area contributed by atoms with E-state index >= 15 is 0 Å². The van der Waals surface area contributed by atoms with Crippen LogP contribution in [-0.4, -0.2) is 32.3 Å². The standard InChI is InChI=1S/C18H17NO4/c1-21-14-6-13(7-15(10-14)22-2)17-8-11-4-5-12(18(20)23-3)9-16(11)19-17/h4-10,19H,1-3H3. The number of nitrogens with one attached hydrogen (secondary N) is 1. The maximum absolute atomic E-state index is 11.6. The third-order valence-corrected chi connectivity index (χ3v) is 3.71. The third kappa shape index (κ3) is 2.85. The lowest BCUT2D eigenvalue weighted by atomic mass is 10.1. The second-order valence-corrected chi connectivity index (χ2v) is 5.08. The summed E-state index contributed by atoms with van der Waals surface area (Å²) in [5, 5.41) is 1.01. The van der Waals surface area contributed by atoms with Crippen molar-refractivity contribution < 1.29 is 19.0 Å². The summed E-state index contributed by atoms with van der Waals surface area (Å²) in [7, 11) is 4.61. The first kappa shape index (κ1) is 15.0. The maximum atomic E-state index is 11.6. The van der Waals surface area contributed by atoms with Gasteiger partial charge in [-0.25, -0.2) is 4.79 Å². The molecule has 1 N–H and O–H groups in total. The number of carbonyl (C=O) groups is 1. The molecule has 0 atom stereocenters. The van der Waals surface area contributed by atoms with Crippen LogP contribution in [0, 0.1) is 0 Å². The Morgan fingerprint density at radius 2 is 1.61 bits per heavy atom. The van der Waals surface area contributed by atoms with Gasteiger partial charge in [-0.1, -0.05) is 6.07 Å².